The summed E-state index contributed by atoms with van der Waals surface area (Å²) in [7, 11) is -3.22. The summed E-state index contributed by atoms with van der Waals surface area (Å²) in [5.41, 5.74) is 5.68. The van der Waals surface area contributed by atoms with Crippen molar-refractivity contribution in [3.8, 4) is 0 Å². The van der Waals surface area contributed by atoms with E-state index < -0.39 is 20.3 Å². The number of nitro groups is 1. The molecule has 0 radical (unpaired) electrons. The number of sulfone groups is 1. The van der Waals surface area contributed by atoms with Crippen molar-refractivity contribution >= 4 is 15.5 Å². The van der Waals surface area contributed by atoms with E-state index in [-0.39, 0.29) is 17.2 Å². The molecule has 1 rings (SSSR count). The van der Waals surface area contributed by atoms with E-state index in [1.165, 1.54) is 12.1 Å². The van der Waals surface area contributed by atoms with Crippen LogP contribution in [0.1, 0.15) is 19.4 Å². The molecule has 0 saturated heterocycles. The van der Waals surface area contributed by atoms with Crippen molar-refractivity contribution in [2.45, 2.75) is 25.8 Å². The molecule has 0 fully saturated rings. The summed E-state index contributed by atoms with van der Waals surface area (Å²) in [5, 5.41) is 10.5. The molecular weight excluding hydrogens is 268 g/mol. The number of benzene rings is 1. The van der Waals surface area contributed by atoms with Crippen LogP contribution in [0.2, 0.25) is 0 Å². The molecule has 0 aliphatic heterocycles. The number of nitrogens with zero attached hydrogens (tertiary/aromatic N) is 1. The Bertz CT molecular complexity index is 544. The number of rotatable bonds is 6. The molecule has 0 unspecified atom stereocenters. The topological polar surface area (TPSA) is 103 Å². The number of hydrogen-bond acceptors (Lipinski definition) is 5. The van der Waals surface area contributed by atoms with Gasteiger partial charge in [-0.3, -0.25) is 10.1 Å². The molecule has 7 heteroatoms. The molecule has 2 N–H and O–H groups in total. The van der Waals surface area contributed by atoms with E-state index in [1.54, 1.807) is 26.0 Å². The van der Waals surface area contributed by atoms with E-state index in [2.05, 4.69) is 0 Å². The Kier molecular flexibility index (Phi) is 4.65. The first kappa shape index (κ1) is 15.6. The lowest BCUT2D eigenvalue weighted by Gasteiger charge is -2.18. The highest BCUT2D eigenvalue weighted by Gasteiger charge is 2.21. The van der Waals surface area contributed by atoms with E-state index in [1.807, 2.05) is 0 Å². The molecule has 1 aromatic rings. The van der Waals surface area contributed by atoms with Crippen molar-refractivity contribution < 1.29 is 13.3 Å². The quantitative estimate of drug-likeness (QED) is 0.627. The fraction of sp³-hybridized carbons (Fsp3) is 0.500. The fourth-order valence-electron chi connectivity index (χ4n) is 1.70. The maximum Gasteiger partial charge on any atom is 0.269 e. The fourth-order valence-corrected chi connectivity index (χ4v) is 3.52. The average molecular weight is 286 g/mol. The first-order valence-electron chi connectivity index (χ1n) is 5.82. The third-order valence-electron chi connectivity index (χ3n) is 2.44. The van der Waals surface area contributed by atoms with Gasteiger partial charge in [-0.25, -0.2) is 8.42 Å². The second-order valence-electron chi connectivity index (χ2n) is 5.25. The van der Waals surface area contributed by atoms with Crippen LogP contribution in [-0.2, 0) is 16.3 Å². The summed E-state index contributed by atoms with van der Waals surface area (Å²) >= 11 is 0. The minimum absolute atomic E-state index is 0.00491. The van der Waals surface area contributed by atoms with Gasteiger partial charge in [-0.1, -0.05) is 12.1 Å². The van der Waals surface area contributed by atoms with Gasteiger partial charge in [0.05, 0.1) is 16.4 Å². The zero-order valence-electron chi connectivity index (χ0n) is 11.0. The Hall–Kier alpha value is -1.47. The van der Waals surface area contributed by atoms with Crippen LogP contribution in [0, 0.1) is 10.1 Å². The molecular formula is C12H18N2O4S. The number of hydrogen-bond donors (Lipinski definition) is 1. The van der Waals surface area contributed by atoms with Gasteiger partial charge in [0.2, 0.25) is 0 Å². The van der Waals surface area contributed by atoms with E-state index in [0.717, 1.165) is 5.56 Å². The summed E-state index contributed by atoms with van der Waals surface area (Å²) in [6, 6.07) is 5.88. The molecule has 6 nitrogen and oxygen atoms in total. The monoisotopic (exact) mass is 286 g/mol. The zero-order valence-corrected chi connectivity index (χ0v) is 11.8. The predicted octanol–water partition coefficient (Wildman–Crippen LogP) is 1.29. The van der Waals surface area contributed by atoms with E-state index in [4.69, 9.17) is 5.73 Å². The van der Waals surface area contributed by atoms with Gasteiger partial charge in [0.1, 0.15) is 0 Å². The van der Waals surface area contributed by atoms with Crippen LogP contribution >= 0.6 is 0 Å². The first-order chi connectivity index (χ1) is 8.59. The molecule has 1 aromatic carbocycles. The number of non-ortho nitro benzene ring substituents is 1. The van der Waals surface area contributed by atoms with Crippen molar-refractivity contribution in [2.75, 3.05) is 11.5 Å². The summed E-state index contributed by atoms with van der Waals surface area (Å²) in [6.45, 7) is 3.33. The van der Waals surface area contributed by atoms with Crippen molar-refractivity contribution in [2.24, 2.45) is 5.73 Å². The van der Waals surface area contributed by atoms with Gasteiger partial charge in [-0.2, -0.15) is 0 Å². The van der Waals surface area contributed by atoms with Crippen LogP contribution in [0.4, 0.5) is 5.69 Å². The van der Waals surface area contributed by atoms with Crippen LogP contribution in [0.15, 0.2) is 24.3 Å². The molecule has 0 aliphatic carbocycles. The van der Waals surface area contributed by atoms with Gasteiger partial charge in [-0.15, -0.1) is 0 Å². The van der Waals surface area contributed by atoms with Crippen LogP contribution in [0.5, 0.6) is 0 Å². The first-order valence-corrected chi connectivity index (χ1v) is 7.64. The molecule has 0 aromatic heterocycles. The SMILES string of the molecule is CC(C)(N)CS(=O)(=O)CCc1ccc([N+](=O)[O-])cc1. The Balaban J connectivity index is 2.64. The Labute approximate surface area is 112 Å². The molecule has 0 bridgehead atoms. The van der Waals surface area contributed by atoms with Gasteiger partial charge in [0.25, 0.3) is 5.69 Å². The molecule has 0 atom stereocenters. The van der Waals surface area contributed by atoms with Gasteiger partial charge in [0, 0.05) is 17.7 Å². The molecule has 0 saturated carbocycles. The van der Waals surface area contributed by atoms with Crippen molar-refractivity contribution in [3.05, 3.63) is 39.9 Å². The van der Waals surface area contributed by atoms with E-state index in [9.17, 15) is 18.5 Å². The van der Waals surface area contributed by atoms with Gasteiger partial charge >= 0.3 is 0 Å². The average Bonchev–Trinajstić information content (AvgIpc) is 2.24. The van der Waals surface area contributed by atoms with Gasteiger partial charge in [-0.05, 0) is 25.8 Å². The van der Waals surface area contributed by atoms with Crippen molar-refractivity contribution in [1.82, 2.24) is 0 Å². The molecule has 0 amide bonds. The minimum Gasteiger partial charge on any atom is -0.325 e. The van der Waals surface area contributed by atoms with Crippen molar-refractivity contribution in [1.29, 1.82) is 0 Å². The standard InChI is InChI=1S/C12H18N2O4S/c1-12(2,13)9-19(17,18)8-7-10-3-5-11(6-4-10)14(15)16/h3-6H,7-9,13H2,1-2H3. The second-order valence-corrected chi connectivity index (χ2v) is 7.44. The normalized spacial score (nSPS) is 12.4. The smallest absolute Gasteiger partial charge is 0.269 e. The molecule has 0 aliphatic rings. The van der Waals surface area contributed by atoms with Crippen LogP contribution in [0.25, 0.3) is 0 Å². The maximum absolute atomic E-state index is 11.8. The summed E-state index contributed by atoms with van der Waals surface area (Å²) in [4.78, 5) is 9.99. The van der Waals surface area contributed by atoms with Gasteiger partial charge in [0.15, 0.2) is 9.84 Å². The second kappa shape index (κ2) is 5.66. The minimum atomic E-state index is -3.22. The van der Waals surface area contributed by atoms with Crippen LogP contribution < -0.4 is 5.73 Å². The van der Waals surface area contributed by atoms with Crippen LogP contribution in [-0.4, -0.2) is 30.4 Å². The highest BCUT2D eigenvalue weighted by Crippen LogP contribution is 2.13. The summed E-state index contributed by atoms with van der Waals surface area (Å²) in [6.07, 6.45) is 0.330. The van der Waals surface area contributed by atoms with Gasteiger partial charge < -0.3 is 5.73 Å². The maximum atomic E-state index is 11.8. The van der Waals surface area contributed by atoms with E-state index >= 15 is 0 Å². The lowest BCUT2D eigenvalue weighted by Crippen LogP contribution is -2.40. The third-order valence-corrected chi connectivity index (χ3v) is 4.45. The summed E-state index contributed by atoms with van der Waals surface area (Å²) in [5.74, 6) is -0.0849. The Morgan fingerprint density at radius 2 is 1.79 bits per heavy atom. The van der Waals surface area contributed by atoms with Crippen LogP contribution in [0.3, 0.4) is 0 Å². The van der Waals surface area contributed by atoms with Crippen molar-refractivity contribution in [3.63, 3.8) is 0 Å². The number of nitro benzene ring substituents is 1. The Morgan fingerprint density at radius 1 is 1.26 bits per heavy atom. The van der Waals surface area contributed by atoms with E-state index in [0.29, 0.717) is 6.42 Å². The lowest BCUT2D eigenvalue weighted by atomic mass is 10.1. The highest BCUT2D eigenvalue weighted by molar-refractivity contribution is 7.91. The largest absolute Gasteiger partial charge is 0.325 e. The highest BCUT2D eigenvalue weighted by atomic mass is 32.2. The summed E-state index contributed by atoms with van der Waals surface area (Å²) < 4.78 is 23.6. The predicted molar refractivity (Wildman–Crippen MR) is 73.7 cm³/mol. The molecule has 19 heavy (non-hydrogen) atoms. The lowest BCUT2D eigenvalue weighted by molar-refractivity contribution is -0.384. The molecule has 106 valence electrons. The number of nitrogens with two attached hydrogens (primary N) is 1. The third kappa shape index (κ3) is 5.80. The molecule has 0 spiro atoms. The number of aryl methyl sites for hydroxylation is 1. The Morgan fingerprint density at radius 3 is 2.21 bits per heavy atom. The molecule has 0 heterocycles. The zero-order chi connectivity index (χ0) is 14.7.